The van der Waals surface area contributed by atoms with Crippen molar-refractivity contribution in [2.45, 2.75) is 17.3 Å². The van der Waals surface area contributed by atoms with E-state index in [0.29, 0.717) is 5.69 Å². The molecule has 0 saturated heterocycles. The van der Waals surface area contributed by atoms with E-state index in [1.54, 1.807) is 6.92 Å². The van der Waals surface area contributed by atoms with Crippen molar-refractivity contribution >= 4 is 34.8 Å². The zero-order chi connectivity index (χ0) is 10.1. The minimum atomic E-state index is -1.64. The van der Waals surface area contributed by atoms with Crippen molar-refractivity contribution in [3.63, 3.8) is 0 Å². The summed E-state index contributed by atoms with van der Waals surface area (Å²) < 4.78 is -1.64. The molecule has 6 heteroatoms. The van der Waals surface area contributed by atoms with Crippen LogP contribution in [0.4, 0.5) is 0 Å². The van der Waals surface area contributed by atoms with Crippen LogP contribution in [-0.4, -0.2) is 15.1 Å². The second-order valence-electron chi connectivity index (χ2n) is 2.48. The summed E-state index contributed by atoms with van der Waals surface area (Å²) in [5.41, 5.74) is 1.23. The van der Waals surface area contributed by atoms with Crippen molar-refractivity contribution in [2.24, 2.45) is 0 Å². The van der Waals surface area contributed by atoms with Crippen LogP contribution in [0.15, 0.2) is 6.20 Å². The first-order valence-corrected chi connectivity index (χ1v) is 4.59. The molecule has 0 spiro atoms. The Morgan fingerprint density at radius 3 is 2.54 bits per heavy atom. The third-order valence-corrected chi connectivity index (χ3v) is 1.99. The maximum atomic E-state index is 8.89. The summed E-state index contributed by atoms with van der Waals surface area (Å²) >= 11 is 16.7. The normalized spacial score (nSPS) is 11.8. The number of aliphatic hydroxyl groups is 1. The highest BCUT2D eigenvalue weighted by molar-refractivity contribution is 6.66. The standard InChI is InChI=1S/C7H7Cl3N2O/c1-4-2-11-6(7(8,9)10)12-5(4)3-13/h2,13H,3H2,1H3. The van der Waals surface area contributed by atoms with Gasteiger partial charge in [-0.05, 0) is 12.5 Å². The average Bonchev–Trinajstić information content (AvgIpc) is 2.03. The predicted octanol–water partition coefficient (Wildman–Crippen LogP) is 2.10. The summed E-state index contributed by atoms with van der Waals surface area (Å²) in [6.07, 6.45) is 1.51. The molecular formula is C7H7Cl3N2O. The van der Waals surface area contributed by atoms with Crippen molar-refractivity contribution in [1.29, 1.82) is 0 Å². The number of aryl methyl sites for hydroxylation is 1. The van der Waals surface area contributed by atoms with Gasteiger partial charge in [-0.1, -0.05) is 34.8 Å². The summed E-state index contributed by atoms with van der Waals surface area (Å²) in [7, 11) is 0. The summed E-state index contributed by atoms with van der Waals surface area (Å²) in [6, 6.07) is 0. The number of rotatable bonds is 1. The number of halogens is 3. The third-order valence-electron chi connectivity index (χ3n) is 1.48. The molecule has 0 aromatic carbocycles. The van der Waals surface area contributed by atoms with Crippen LogP contribution < -0.4 is 0 Å². The topological polar surface area (TPSA) is 46.0 Å². The summed E-state index contributed by atoms with van der Waals surface area (Å²) in [6.45, 7) is 1.58. The third kappa shape index (κ3) is 2.68. The van der Waals surface area contributed by atoms with Crippen LogP contribution in [0.25, 0.3) is 0 Å². The Kier molecular flexibility index (Phi) is 3.35. The van der Waals surface area contributed by atoms with Gasteiger partial charge < -0.3 is 5.11 Å². The first-order chi connectivity index (χ1) is 5.95. The van der Waals surface area contributed by atoms with Crippen LogP contribution in [0.3, 0.4) is 0 Å². The fourth-order valence-electron chi connectivity index (χ4n) is 0.774. The lowest BCUT2D eigenvalue weighted by Crippen LogP contribution is -2.10. The highest BCUT2D eigenvalue weighted by atomic mass is 35.6. The van der Waals surface area contributed by atoms with Gasteiger partial charge in [0.1, 0.15) is 0 Å². The summed E-state index contributed by atoms with van der Waals surface area (Å²) in [5.74, 6) is 0.0761. The van der Waals surface area contributed by atoms with Gasteiger partial charge in [0.15, 0.2) is 5.82 Å². The molecule has 1 N–H and O–H groups in total. The SMILES string of the molecule is Cc1cnc(C(Cl)(Cl)Cl)nc1CO. The second kappa shape index (κ2) is 3.96. The lowest BCUT2D eigenvalue weighted by atomic mass is 10.2. The molecule has 0 saturated carbocycles. The van der Waals surface area contributed by atoms with Gasteiger partial charge in [-0.25, -0.2) is 9.97 Å². The van der Waals surface area contributed by atoms with Crippen molar-refractivity contribution in [2.75, 3.05) is 0 Å². The molecular weight excluding hydrogens is 234 g/mol. The number of hydrogen-bond donors (Lipinski definition) is 1. The number of alkyl halides is 3. The monoisotopic (exact) mass is 240 g/mol. The molecule has 0 bridgehead atoms. The van der Waals surface area contributed by atoms with Gasteiger partial charge in [0, 0.05) is 6.20 Å². The van der Waals surface area contributed by atoms with E-state index in [2.05, 4.69) is 9.97 Å². The van der Waals surface area contributed by atoms with Gasteiger partial charge in [-0.15, -0.1) is 0 Å². The van der Waals surface area contributed by atoms with Crippen LogP contribution >= 0.6 is 34.8 Å². The van der Waals surface area contributed by atoms with E-state index in [-0.39, 0.29) is 12.4 Å². The smallest absolute Gasteiger partial charge is 0.250 e. The fraction of sp³-hybridized carbons (Fsp3) is 0.429. The van der Waals surface area contributed by atoms with E-state index >= 15 is 0 Å². The van der Waals surface area contributed by atoms with E-state index in [1.807, 2.05) is 0 Å². The minimum Gasteiger partial charge on any atom is -0.390 e. The van der Waals surface area contributed by atoms with E-state index in [1.165, 1.54) is 6.20 Å². The van der Waals surface area contributed by atoms with Gasteiger partial charge >= 0.3 is 0 Å². The van der Waals surface area contributed by atoms with E-state index in [9.17, 15) is 0 Å². The highest BCUT2D eigenvalue weighted by Gasteiger charge is 2.26. The molecule has 0 atom stereocenters. The van der Waals surface area contributed by atoms with Gasteiger partial charge in [-0.2, -0.15) is 0 Å². The van der Waals surface area contributed by atoms with Gasteiger partial charge in [0.25, 0.3) is 0 Å². The molecule has 0 fully saturated rings. The van der Waals surface area contributed by atoms with Crippen molar-refractivity contribution in [3.05, 3.63) is 23.3 Å². The zero-order valence-electron chi connectivity index (χ0n) is 6.76. The number of aliphatic hydroxyl groups excluding tert-OH is 1. The molecule has 1 aromatic rings. The van der Waals surface area contributed by atoms with Crippen molar-refractivity contribution in [3.8, 4) is 0 Å². The van der Waals surface area contributed by atoms with Crippen molar-refractivity contribution in [1.82, 2.24) is 9.97 Å². The van der Waals surface area contributed by atoms with Crippen LogP contribution in [0.2, 0.25) is 0 Å². The van der Waals surface area contributed by atoms with E-state index in [0.717, 1.165) is 5.56 Å². The number of nitrogens with zero attached hydrogens (tertiary/aromatic N) is 2. The Morgan fingerprint density at radius 2 is 2.08 bits per heavy atom. The molecule has 0 aliphatic carbocycles. The molecule has 13 heavy (non-hydrogen) atoms. The lowest BCUT2D eigenvalue weighted by Gasteiger charge is -2.10. The average molecular weight is 242 g/mol. The number of hydrogen-bond acceptors (Lipinski definition) is 3. The Morgan fingerprint density at radius 1 is 1.46 bits per heavy atom. The molecule has 1 heterocycles. The quantitative estimate of drug-likeness (QED) is 0.766. The molecule has 1 aromatic heterocycles. The largest absolute Gasteiger partial charge is 0.390 e. The fourth-order valence-corrected chi connectivity index (χ4v) is 1.05. The Hall–Kier alpha value is -0.0900. The van der Waals surface area contributed by atoms with Crippen LogP contribution in [0.5, 0.6) is 0 Å². The summed E-state index contributed by atoms with van der Waals surface area (Å²) in [5, 5.41) is 8.89. The maximum Gasteiger partial charge on any atom is 0.250 e. The number of aromatic nitrogens is 2. The summed E-state index contributed by atoms with van der Waals surface area (Å²) in [4.78, 5) is 7.75. The van der Waals surface area contributed by atoms with Crippen molar-refractivity contribution < 1.29 is 5.11 Å². The molecule has 1 rings (SSSR count). The minimum absolute atomic E-state index is 0.0761. The molecule has 0 amide bonds. The van der Waals surface area contributed by atoms with E-state index in [4.69, 9.17) is 39.9 Å². The zero-order valence-corrected chi connectivity index (χ0v) is 9.03. The first-order valence-electron chi connectivity index (χ1n) is 3.45. The predicted molar refractivity (Wildman–Crippen MR) is 51.9 cm³/mol. The second-order valence-corrected chi connectivity index (χ2v) is 4.76. The molecule has 0 radical (unpaired) electrons. The Labute approximate surface area is 90.7 Å². The van der Waals surface area contributed by atoms with Gasteiger partial charge in [0.05, 0.1) is 12.3 Å². The van der Waals surface area contributed by atoms with Crippen LogP contribution in [0, 0.1) is 6.92 Å². The molecule has 72 valence electrons. The Bertz CT molecular complexity index is 311. The Balaban J connectivity index is 3.14. The van der Waals surface area contributed by atoms with Crippen LogP contribution in [0.1, 0.15) is 17.1 Å². The first kappa shape index (κ1) is 11.0. The van der Waals surface area contributed by atoms with E-state index < -0.39 is 3.79 Å². The molecule has 0 unspecified atom stereocenters. The van der Waals surface area contributed by atoms with Gasteiger partial charge in [0.2, 0.25) is 3.79 Å². The van der Waals surface area contributed by atoms with Crippen LogP contribution in [-0.2, 0) is 10.4 Å². The molecule has 3 nitrogen and oxygen atoms in total. The lowest BCUT2D eigenvalue weighted by molar-refractivity contribution is 0.275. The highest BCUT2D eigenvalue weighted by Crippen LogP contribution is 2.35. The maximum absolute atomic E-state index is 8.89. The molecule has 0 aliphatic heterocycles. The molecule has 0 aliphatic rings. The van der Waals surface area contributed by atoms with Gasteiger partial charge in [-0.3, -0.25) is 0 Å².